The zero-order valence-electron chi connectivity index (χ0n) is 8.27. The summed E-state index contributed by atoms with van der Waals surface area (Å²) in [7, 11) is 0. The first-order chi connectivity index (χ1) is 7.79. The Bertz CT molecular complexity index is 737. The second kappa shape index (κ2) is 2.97. The fraction of sp³-hybridized carbons (Fsp3) is 0. The molecule has 0 amide bonds. The number of rotatable bonds is 0. The molecule has 4 heteroatoms. The lowest BCUT2D eigenvalue weighted by Gasteiger charge is -1.94. The van der Waals surface area contributed by atoms with Gasteiger partial charge in [-0.3, -0.25) is 0 Å². The molecule has 0 saturated heterocycles. The van der Waals surface area contributed by atoms with E-state index < -0.39 is 0 Å². The van der Waals surface area contributed by atoms with Crippen molar-refractivity contribution < 1.29 is 4.42 Å². The molecule has 4 nitrogen and oxygen atoms in total. The number of fused-ring (bicyclic) bond motifs is 3. The number of nitrogens with two attached hydrogens (primary N) is 1. The molecule has 0 aliphatic rings. The minimum Gasteiger partial charge on any atom is -0.438 e. The van der Waals surface area contributed by atoms with Gasteiger partial charge in [-0.05, 0) is 12.1 Å². The summed E-state index contributed by atoms with van der Waals surface area (Å²) in [6, 6.07) is 11.3. The predicted octanol–water partition coefficient (Wildman–Crippen LogP) is 2.43. The first-order valence-corrected chi connectivity index (χ1v) is 4.77. The van der Waals surface area contributed by atoms with Gasteiger partial charge in [-0.2, -0.15) is 10.2 Å². The molecule has 0 aliphatic heterocycles. The molecule has 0 bridgehead atoms. The molecule has 1 aromatic carbocycles. The van der Waals surface area contributed by atoms with E-state index in [9.17, 15) is 0 Å². The van der Waals surface area contributed by atoms with Gasteiger partial charge in [0.25, 0.3) is 0 Å². The van der Waals surface area contributed by atoms with Gasteiger partial charge in [-0.15, -0.1) is 0 Å². The molecule has 0 fully saturated rings. The van der Waals surface area contributed by atoms with Crippen molar-refractivity contribution in [2.24, 2.45) is 0 Å². The molecule has 3 rings (SSSR count). The van der Waals surface area contributed by atoms with Gasteiger partial charge in [-0.25, -0.2) is 0 Å². The van der Waals surface area contributed by atoms with Crippen LogP contribution in [0.1, 0.15) is 5.56 Å². The van der Waals surface area contributed by atoms with Gasteiger partial charge in [0.2, 0.25) is 5.71 Å². The highest BCUT2D eigenvalue weighted by Crippen LogP contribution is 2.29. The molecule has 76 valence electrons. The maximum atomic E-state index is 8.89. The van der Waals surface area contributed by atoms with Crippen LogP contribution in [0.4, 0.5) is 5.82 Å². The number of para-hydroxylation sites is 1. The van der Waals surface area contributed by atoms with Crippen LogP contribution in [0, 0.1) is 11.3 Å². The molecule has 0 spiro atoms. The van der Waals surface area contributed by atoms with E-state index in [1.165, 1.54) is 0 Å². The van der Waals surface area contributed by atoms with E-state index in [1.54, 1.807) is 6.07 Å². The molecule has 2 aromatic heterocycles. The molecule has 2 heterocycles. The van der Waals surface area contributed by atoms with Crippen LogP contribution in [-0.2, 0) is 0 Å². The van der Waals surface area contributed by atoms with E-state index in [0.29, 0.717) is 11.3 Å². The Morgan fingerprint density at radius 1 is 1.25 bits per heavy atom. The topological polar surface area (TPSA) is 75.8 Å². The highest BCUT2D eigenvalue weighted by Gasteiger charge is 2.10. The first kappa shape index (κ1) is 8.74. The zero-order valence-corrected chi connectivity index (χ0v) is 8.27. The molecular formula is C12H7N3O. The second-order valence-electron chi connectivity index (χ2n) is 3.48. The van der Waals surface area contributed by atoms with Gasteiger partial charge in [0, 0.05) is 10.8 Å². The summed E-state index contributed by atoms with van der Waals surface area (Å²) < 4.78 is 5.53. The molecule has 0 aliphatic carbocycles. The number of nitrogen functional groups attached to an aromatic ring is 1. The third-order valence-electron chi connectivity index (χ3n) is 2.52. The molecule has 3 aromatic rings. The molecule has 2 N–H and O–H groups in total. The van der Waals surface area contributed by atoms with Crippen molar-refractivity contribution >= 4 is 27.9 Å². The van der Waals surface area contributed by atoms with E-state index in [0.717, 1.165) is 16.4 Å². The van der Waals surface area contributed by atoms with Crippen molar-refractivity contribution in [3.05, 3.63) is 35.9 Å². The van der Waals surface area contributed by atoms with Crippen LogP contribution in [0.25, 0.3) is 22.1 Å². The van der Waals surface area contributed by atoms with Crippen LogP contribution in [0.2, 0.25) is 0 Å². The third-order valence-corrected chi connectivity index (χ3v) is 2.52. The summed E-state index contributed by atoms with van der Waals surface area (Å²) in [4.78, 5) is 4.07. The Labute approximate surface area is 90.9 Å². The van der Waals surface area contributed by atoms with Gasteiger partial charge in [0.15, 0.2) is 0 Å². The maximum Gasteiger partial charge on any atom is 0.229 e. The average Bonchev–Trinajstić information content (AvgIpc) is 2.65. The third kappa shape index (κ3) is 1.06. The lowest BCUT2D eigenvalue weighted by molar-refractivity contribution is 0.655. The van der Waals surface area contributed by atoms with E-state index in [4.69, 9.17) is 15.4 Å². The standard InChI is InChI=1S/C12H7N3O/c13-6-7-5-9-8-3-1-2-4-10(8)16-12(9)15-11(7)14/h1-5H,(H2,14,15). The van der Waals surface area contributed by atoms with Crippen LogP contribution in [0.5, 0.6) is 0 Å². The fourth-order valence-corrected chi connectivity index (χ4v) is 1.75. The number of aromatic nitrogens is 1. The first-order valence-electron chi connectivity index (χ1n) is 4.77. The maximum absolute atomic E-state index is 8.89. The number of anilines is 1. The van der Waals surface area contributed by atoms with Crippen LogP contribution >= 0.6 is 0 Å². The quantitative estimate of drug-likeness (QED) is 0.616. The second-order valence-corrected chi connectivity index (χ2v) is 3.48. The minimum atomic E-state index is 0.203. The van der Waals surface area contributed by atoms with Crippen molar-refractivity contribution in [3.63, 3.8) is 0 Å². The van der Waals surface area contributed by atoms with E-state index in [2.05, 4.69) is 4.98 Å². The summed E-state index contributed by atoms with van der Waals surface area (Å²) in [6.45, 7) is 0. The van der Waals surface area contributed by atoms with Crippen molar-refractivity contribution in [1.29, 1.82) is 5.26 Å². The summed E-state index contributed by atoms with van der Waals surface area (Å²) in [5.41, 5.74) is 7.22. The number of benzene rings is 1. The van der Waals surface area contributed by atoms with Crippen molar-refractivity contribution in [2.45, 2.75) is 0 Å². The van der Waals surface area contributed by atoms with E-state index in [-0.39, 0.29) is 5.82 Å². The van der Waals surface area contributed by atoms with Gasteiger partial charge in [0.05, 0.1) is 5.56 Å². The molecular weight excluding hydrogens is 202 g/mol. The highest BCUT2D eigenvalue weighted by molar-refractivity contribution is 6.04. The van der Waals surface area contributed by atoms with Crippen molar-refractivity contribution in [2.75, 3.05) is 5.73 Å². The number of hydrogen-bond acceptors (Lipinski definition) is 4. The molecule has 0 atom stereocenters. The Kier molecular flexibility index (Phi) is 1.62. The molecule has 0 radical (unpaired) electrons. The van der Waals surface area contributed by atoms with Crippen molar-refractivity contribution in [3.8, 4) is 6.07 Å². The molecule has 0 saturated carbocycles. The Balaban J connectivity index is 2.53. The van der Waals surface area contributed by atoms with Gasteiger partial charge < -0.3 is 10.2 Å². The van der Waals surface area contributed by atoms with E-state index >= 15 is 0 Å². The van der Waals surface area contributed by atoms with Crippen LogP contribution in [0.3, 0.4) is 0 Å². The van der Waals surface area contributed by atoms with Gasteiger partial charge in [0.1, 0.15) is 17.5 Å². The van der Waals surface area contributed by atoms with Crippen LogP contribution in [-0.4, -0.2) is 4.98 Å². The summed E-state index contributed by atoms with van der Waals surface area (Å²) in [6.07, 6.45) is 0. The number of nitrogens with zero attached hydrogens (tertiary/aromatic N) is 2. The average molecular weight is 209 g/mol. The minimum absolute atomic E-state index is 0.203. The van der Waals surface area contributed by atoms with Gasteiger partial charge in [-0.1, -0.05) is 18.2 Å². The van der Waals surface area contributed by atoms with E-state index in [1.807, 2.05) is 30.3 Å². The monoisotopic (exact) mass is 209 g/mol. The Morgan fingerprint density at radius 2 is 2.06 bits per heavy atom. The number of nitriles is 1. The Morgan fingerprint density at radius 3 is 2.88 bits per heavy atom. The summed E-state index contributed by atoms with van der Waals surface area (Å²) in [5.74, 6) is 0.203. The number of hydrogen-bond donors (Lipinski definition) is 1. The number of pyridine rings is 1. The summed E-state index contributed by atoms with van der Waals surface area (Å²) >= 11 is 0. The SMILES string of the molecule is N#Cc1cc2c(nc1N)oc1ccccc12. The fourth-order valence-electron chi connectivity index (χ4n) is 1.75. The van der Waals surface area contributed by atoms with Crippen LogP contribution in [0.15, 0.2) is 34.7 Å². The highest BCUT2D eigenvalue weighted by atomic mass is 16.3. The Hall–Kier alpha value is -2.54. The predicted molar refractivity (Wildman–Crippen MR) is 60.6 cm³/mol. The lowest BCUT2D eigenvalue weighted by Crippen LogP contribution is -1.93. The molecule has 16 heavy (non-hydrogen) atoms. The zero-order chi connectivity index (χ0) is 11.1. The smallest absolute Gasteiger partial charge is 0.229 e. The van der Waals surface area contributed by atoms with Gasteiger partial charge >= 0.3 is 0 Å². The normalized spacial score (nSPS) is 10.7. The lowest BCUT2D eigenvalue weighted by atomic mass is 10.1. The van der Waals surface area contributed by atoms with Crippen molar-refractivity contribution in [1.82, 2.24) is 4.98 Å². The molecule has 0 unspecified atom stereocenters. The number of furan rings is 1. The largest absolute Gasteiger partial charge is 0.438 e. The summed E-state index contributed by atoms with van der Waals surface area (Å²) in [5, 5.41) is 10.7. The van der Waals surface area contributed by atoms with Crippen LogP contribution < -0.4 is 5.73 Å².